The van der Waals surface area contributed by atoms with E-state index in [0.717, 1.165) is 39.6 Å². The number of hydrogen-bond acceptors (Lipinski definition) is 3. The number of methoxy groups -OCH3 is 1. The van der Waals surface area contributed by atoms with E-state index >= 15 is 0 Å². The molecule has 38 heavy (non-hydrogen) atoms. The molecule has 1 N–H and O–H groups in total. The number of amides is 2. The Bertz CT molecular complexity index is 1620. The lowest BCUT2D eigenvalue weighted by atomic mass is 10.00. The van der Waals surface area contributed by atoms with Crippen molar-refractivity contribution in [2.24, 2.45) is 0 Å². The number of carbonyl (C=O) groups is 1. The van der Waals surface area contributed by atoms with Crippen LogP contribution in [-0.2, 0) is 6.54 Å². The minimum absolute atomic E-state index is 0.214. The Morgan fingerprint density at radius 1 is 0.947 bits per heavy atom. The van der Waals surface area contributed by atoms with Crippen LogP contribution in [0.5, 0.6) is 5.75 Å². The highest BCUT2D eigenvalue weighted by Gasteiger charge is 2.36. The Hall–Kier alpha value is -4.78. The summed E-state index contributed by atoms with van der Waals surface area (Å²) >= 11 is 0. The fourth-order valence-corrected chi connectivity index (χ4v) is 5.28. The summed E-state index contributed by atoms with van der Waals surface area (Å²) in [4.78, 5) is 16.0. The highest BCUT2D eigenvalue weighted by molar-refractivity contribution is 5.91. The lowest BCUT2D eigenvalue weighted by Crippen LogP contribution is -2.38. The Kier molecular flexibility index (Phi) is 5.96. The number of aryl methyl sites for hydroxylation is 2. The molecule has 0 saturated carbocycles. The summed E-state index contributed by atoms with van der Waals surface area (Å²) < 4.78 is 9.65. The van der Waals surface area contributed by atoms with Crippen molar-refractivity contribution in [3.63, 3.8) is 0 Å². The first-order valence-corrected chi connectivity index (χ1v) is 12.6. The van der Waals surface area contributed by atoms with Crippen molar-refractivity contribution in [2.45, 2.75) is 26.4 Å². The van der Waals surface area contributed by atoms with Gasteiger partial charge < -0.3 is 19.5 Å². The normalized spacial score (nSPS) is 14.4. The van der Waals surface area contributed by atoms with Crippen LogP contribution < -0.4 is 10.1 Å². The van der Waals surface area contributed by atoms with Gasteiger partial charge in [-0.2, -0.15) is 5.10 Å². The first-order valence-electron chi connectivity index (χ1n) is 12.6. The maximum Gasteiger partial charge on any atom is 0.323 e. The maximum absolute atomic E-state index is 14.1. The molecular formula is C31H29N5O2. The number of benzene rings is 3. The molecule has 0 bridgehead atoms. The average molecular weight is 504 g/mol. The third-order valence-electron chi connectivity index (χ3n) is 7.05. The number of urea groups is 1. The van der Waals surface area contributed by atoms with Crippen LogP contribution in [0.4, 0.5) is 10.5 Å². The van der Waals surface area contributed by atoms with Crippen LogP contribution in [0.1, 0.15) is 34.1 Å². The molecule has 0 unspecified atom stereocenters. The van der Waals surface area contributed by atoms with E-state index in [4.69, 9.17) is 9.84 Å². The second-order valence-electron chi connectivity index (χ2n) is 9.51. The van der Waals surface area contributed by atoms with Gasteiger partial charge in [0, 0.05) is 11.8 Å². The first kappa shape index (κ1) is 23.6. The van der Waals surface area contributed by atoms with Crippen LogP contribution in [0.2, 0.25) is 0 Å². The van der Waals surface area contributed by atoms with Gasteiger partial charge >= 0.3 is 6.03 Å². The molecule has 1 atom stereocenters. The van der Waals surface area contributed by atoms with Crippen molar-refractivity contribution < 1.29 is 9.53 Å². The first-order chi connectivity index (χ1) is 18.5. The maximum atomic E-state index is 14.1. The molecule has 5 aromatic rings. The van der Waals surface area contributed by atoms with Crippen molar-refractivity contribution in [3.05, 3.63) is 125 Å². The Morgan fingerprint density at radius 2 is 1.74 bits per heavy atom. The van der Waals surface area contributed by atoms with Gasteiger partial charge in [-0.15, -0.1) is 0 Å². The fraction of sp³-hybridized carbons (Fsp3) is 0.161. The van der Waals surface area contributed by atoms with Crippen molar-refractivity contribution in [1.82, 2.24) is 19.2 Å². The molecule has 0 radical (unpaired) electrons. The topological polar surface area (TPSA) is 64.3 Å². The number of rotatable bonds is 4. The summed E-state index contributed by atoms with van der Waals surface area (Å²) in [7, 11) is 1.60. The number of fused-ring (bicyclic) bond motifs is 3. The second kappa shape index (κ2) is 9.59. The van der Waals surface area contributed by atoms with E-state index in [1.807, 2.05) is 83.2 Å². The number of aromatic nitrogens is 3. The summed E-state index contributed by atoms with van der Waals surface area (Å²) in [5.41, 5.74) is 6.64. The van der Waals surface area contributed by atoms with Crippen molar-refractivity contribution >= 4 is 11.7 Å². The number of nitrogens with one attached hydrogen (secondary N) is 1. The number of ether oxygens (including phenoxy) is 1. The van der Waals surface area contributed by atoms with Crippen LogP contribution in [0.3, 0.4) is 0 Å². The molecular weight excluding hydrogens is 474 g/mol. The predicted molar refractivity (Wildman–Crippen MR) is 148 cm³/mol. The minimum Gasteiger partial charge on any atom is -0.495 e. The van der Waals surface area contributed by atoms with Crippen LogP contribution >= 0.6 is 0 Å². The van der Waals surface area contributed by atoms with Gasteiger partial charge in [0.05, 0.1) is 42.5 Å². The summed E-state index contributed by atoms with van der Waals surface area (Å²) in [6, 6.07) is 29.5. The van der Waals surface area contributed by atoms with E-state index in [0.29, 0.717) is 18.0 Å². The zero-order valence-corrected chi connectivity index (χ0v) is 21.6. The van der Waals surface area contributed by atoms with Crippen LogP contribution in [0.25, 0.3) is 11.5 Å². The Labute approximate surface area is 221 Å². The molecule has 6 rings (SSSR count). The monoisotopic (exact) mass is 503 g/mol. The summed E-state index contributed by atoms with van der Waals surface area (Å²) in [6.45, 7) is 4.46. The van der Waals surface area contributed by atoms with E-state index < -0.39 is 0 Å². The minimum atomic E-state index is -0.323. The summed E-state index contributed by atoms with van der Waals surface area (Å²) in [5, 5.41) is 8.03. The van der Waals surface area contributed by atoms with Crippen molar-refractivity contribution in [3.8, 4) is 17.3 Å². The van der Waals surface area contributed by atoms with Crippen LogP contribution in [0.15, 0.2) is 97.2 Å². The molecule has 3 heterocycles. The molecule has 2 amide bonds. The number of nitrogens with zero attached hydrogens (tertiary/aromatic N) is 4. The fourth-order valence-electron chi connectivity index (χ4n) is 5.28. The summed E-state index contributed by atoms with van der Waals surface area (Å²) in [6.07, 6.45) is 2.05. The molecule has 0 spiro atoms. The van der Waals surface area contributed by atoms with Gasteiger partial charge in [0.25, 0.3) is 0 Å². The van der Waals surface area contributed by atoms with Gasteiger partial charge in [0.2, 0.25) is 0 Å². The average Bonchev–Trinajstić information content (AvgIpc) is 3.49. The lowest BCUT2D eigenvalue weighted by molar-refractivity contribution is 0.194. The van der Waals surface area contributed by atoms with Gasteiger partial charge in [-0.25, -0.2) is 9.48 Å². The SMILES string of the molecule is COc1ccccc1NC(=O)N1Cc2c(C)nn(-c3ccccc3)c2-n2cccc2[C@@H]1c1cccc(C)c1. The molecule has 3 aromatic carbocycles. The molecule has 0 saturated heterocycles. The molecule has 0 aliphatic carbocycles. The molecule has 7 heteroatoms. The quantitative estimate of drug-likeness (QED) is 0.308. The number of para-hydroxylation sites is 3. The third kappa shape index (κ3) is 4.02. The molecule has 1 aliphatic heterocycles. The van der Waals surface area contributed by atoms with Gasteiger partial charge in [-0.05, 0) is 55.8 Å². The van der Waals surface area contributed by atoms with Crippen molar-refractivity contribution in [2.75, 3.05) is 12.4 Å². The van der Waals surface area contributed by atoms with E-state index in [1.54, 1.807) is 7.11 Å². The smallest absolute Gasteiger partial charge is 0.323 e. The molecule has 0 fully saturated rings. The van der Waals surface area contributed by atoms with Gasteiger partial charge in [0.1, 0.15) is 11.6 Å². The van der Waals surface area contributed by atoms with E-state index in [9.17, 15) is 4.79 Å². The molecule has 190 valence electrons. The largest absolute Gasteiger partial charge is 0.495 e. The van der Waals surface area contributed by atoms with Crippen LogP contribution in [-0.4, -0.2) is 32.4 Å². The molecule has 1 aliphatic rings. The number of carbonyl (C=O) groups excluding carboxylic acids is 1. The third-order valence-corrected chi connectivity index (χ3v) is 7.05. The van der Waals surface area contributed by atoms with Crippen molar-refractivity contribution in [1.29, 1.82) is 0 Å². The zero-order chi connectivity index (χ0) is 26.2. The zero-order valence-electron chi connectivity index (χ0n) is 21.6. The Morgan fingerprint density at radius 3 is 2.53 bits per heavy atom. The van der Waals surface area contributed by atoms with Gasteiger partial charge in [-0.1, -0.05) is 60.2 Å². The highest BCUT2D eigenvalue weighted by atomic mass is 16.5. The molecule has 7 nitrogen and oxygen atoms in total. The molecule has 2 aromatic heterocycles. The van der Waals surface area contributed by atoms with E-state index in [-0.39, 0.29) is 12.1 Å². The Balaban J connectivity index is 1.54. The van der Waals surface area contributed by atoms with Gasteiger partial charge in [-0.3, -0.25) is 0 Å². The van der Waals surface area contributed by atoms with E-state index in [2.05, 4.69) is 47.3 Å². The van der Waals surface area contributed by atoms with E-state index in [1.165, 1.54) is 0 Å². The van der Waals surface area contributed by atoms with Crippen LogP contribution in [0, 0.1) is 13.8 Å². The summed E-state index contributed by atoms with van der Waals surface area (Å²) in [5.74, 6) is 1.55. The number of anilines is 1. The lowest BCUT2D eigenvalue weighted by Gasteiger charge is -2.31. The highest BCUT2D eigenvalue weighted by Crippen LogP contribution is 2.39. The second-order valence-corrected chi connectivity index (χ2v) is 9.51. The predicted octanol–water partition coefficient (Wildman–Crippen LogP) is 6.43. The number of hydrogen-bond donors (Lipinski definition) is 1. The van der Waals surface area contributed by atoms with Gasteiger partial charge in [0.15, 0.2) is 0 Å². The standard InChI is InChI=1S/C31H29N5O2/c1-21-11-9-12-23(19-21)29-27-16-10-18-34(27)30-25(22(2)33-36(30)24-13-5-4-6-14-24)20-35(29)31(37)32-26-15-7-8-17-28(26)38-3/h4-19,29H,20H2,1-3H3,(H,32,37)/t29-/m0/s1.